The first-order valence-corrected chi connectivity index (χ1v) is 7.83. The van der Waals surface area contributed by atoms with Crippen molar-refractivity contribution in [2.45, 2.75) is 11.8 Å². The normalized spacial score (nSPS) is 12.8. The Kier molecular flexibility index (Phi) is 3.42. The van der Waals surface area contributed by atoms with Crippen molar-refractivity contribution < 1.29 is 4.39 Å². The Morgan fingerprint density at radius 2 is 1.84 bits per heavy atom. The van der Waals surface area contributed by atoms with Gasteiger partial charge in [-0.05, 0) is 34.9 Å². The average Bonchev–Trinajstić information content (AvgIpc) is 2.85. The highest BCUT2D eigenvalue weighted by atomic mass is 79.9. The molecular weight excluding hydrogens is 323 g/mol. The van der Waals surface area contributed by atoms with E-state index >= 15 is 0 Å². The summed E-state index contributed by atoms with van der Waals surface area (Å²) in [5, 5.41) is 3.29. The van der Waals surface area contributed by atoms with E-state index in [2.05, 4.69) is 33.4 Å². The molecule has 0 spiro atoms. The van der Waals surface area contributed by atoms with Gasteiger partial charge in [-0.2, -0.15) is 0 Å². The lowest BCUT2D eigenvalue weighted by Gasteiger charge is -2.12. The van der Waals surface area contributed by atoms with E-state index in [1.54, 1.807) is 24.3 Å². The summed E-state index contributed by atoms with van der Waals surface area (Å²) in [5.41, 5.74) is 2.51. The zero-order valence-electron chi connectivity index (χ0n) is 10.4. The molecule has 96 valence electrons. The summed E-state index contributed by atoms with van der Waals surface area (Å²) < 4.78 is 15.4. The van der Waals surface area contributed by atoms with E-state index in [0.29, 0.717) is 11.1 Å². The lowest BCUT2D eigenvalue weighted by molar-refractivity contribution is 0.604. The number of alkyl halides is 1. The van der Waals surface area contributed by atoms with Crippen LogP contribution in [0.5, 0.6) is 0 Å². The van der Waals surface area contributed by atoms with Crippen molar-refractivity contribution in [1.29, 1.82) is 0 Å². The Bertz CT molecular complexity index is 732. The molecule has 0 radical (unpaired) electrons. The standard InChI is InChI=1S/C16H12BrFS/c1-10-5-4-7-12(16(10)18)15(17)13-9-19-14-8-3-2-6-11(13)14/h2-9,15H,1H3. The lowest BCUT2D eigenvalue weighted by atomic mass is 10.0. The van der Waals surface area contributed by atoms with Crippen LogP contribution in [0.15, 0.2) is 47.8 Å². The van der Waals surface area contributed by atoms with Gasteiger partial charge in [0.25, 0.3) is 0 Å². The minimum Gasteiger partial charge on any atom is -0.206 e. The highest BCUT2D eigenvalue weighted by molar-refractivity contribution is 9.09. The molecule has 3 heteroatoms. The Morgan fingerprint density at radius 1 is 1.05 bits per heavy atom. The van der Waals surface area contributed by atoms with Gasteiger partial charge in [0, 0.05) is 10.3 Å². The number of benzene rings is 2. The average molecular weight is 335 g/mol. The predicted molar refractivity (Wildman–Crippen MR) is 83.7 cm³/mol. The third-order valence-electron chi connectivity index (χ3n) is 3.28. The molecule has 0 amide bonds. The van der Waals surface area contributed by atoms with Crippen LogP contribution in [-0.4, -0.2) is 0 Å². The first-order chi connectivity index (χ1) is 9.18. The molecule has 3 aromatic rings. The third-order valence-corrected chi connectivity index (χ3v) is 5.25. The summed E-state index contributed by atoms with van der Waals surface area (Å²) in [7, 11) is 0. The molecule has 1 unspecified atom stereocenters. The fourth-order valence-corrected chi connectivity index (χ4v) is 4.12. The molecule has 0 saturated carbocycles. The molecule has 2 aromatic carbocycles. The Hall–Kier alpha value is -1.19. The van der Waals surface area contributed by atoms with Crippen LogP contribution in [0, 0.1) is 12.7 Å². The SMILES string of the molecule is Cc1cccc(C(Br)c2csc3ccccc23)c1F. The van der Waals surface area contributed by atoms with E-state index in [-0.39, 0.29) is 10.6 Å². The van der Waals surface area contributed by atoms with Crippen LogP contribution in [0.2, 0.25) is 0 Å². The minimum atomic E-state index is -0.125. The first-order valence-electron chi connectivity index (χ1n) is 6.03. The Morgan fingerprint density at radius 3 is 2.68 bits per heavy atom. The third kappa shape index (κ3) is 2.21. The van der Waals surface area contributed by atoms with Gasteiger partial charge in [0.15, 0.2) is 0 Å². The number of rotatable bonds is 2. The highest BCUT2D eigenvalue weighted by Crippen LogP contribution is 2.39. The van der Waals surface area contributed by atoms with Gasteiger partial charge >= 0.3 is 0 Å². The van der Waals surface area contributed by atoms with Crippen LogP contribution in [0.3, 0.4) is 0 Å². The molecule has 0 fully saturated rings. The molecule has 0 saturated heterocycles. The van der Waals surface area contributed by atoms with Gasteiger partial charge in [-0.1, -0.05) is 52.3 Å². The van der Waals surface area contributed by atoms with Crippen molar-refractivity contribution in [2.75, 3.05) is 0 Å². The van der Waals surface area contributed by atoms with Crippen LogP contribution >= 0.6 is 27.3 Å². The second-order valence-electron chi connectivity index (χ2n) is 4.53. The topological polar surface area (TPSA) is 0 Å². The number of hydrogen-bond donors (Lipinski definition) is 0. The Labute approximate surface area is 124 Å². The summed E-state index contributed by atoms with van der Waals surface area (Å²) >= 11 is 5.34. The van der Waals surface area contributed by atoms with E-state index in [1.165, 1.54) is 10.1 Å². The zero-order valence-corrected chi connectivity index (χ0v) is 12.8. The van der Waals surface area contributed by atoms with Gasteiger partial charge in [0.2, 0.25) is 0 Å². The second kappa shape index (κ2) is 5.06. The molecule has 0 aliphatic rings. The number of thiophene rings is 1. The van der Waals surface area contributed by atoms with Gasteiger partial charge in [0.05, 0.1) is 4.83 Å². The van der Waals surface area contributed by atoms with Gasteiger partial charge in [-0.15, -0.1) is 11.3 Å². The maximum absolute atomic E-state index is 14.2. The van der Waals surface area contributed by atoms with Gasteiger partial charge in [-0.25, -0.2) is 4.39 Å². The largest absolute Gasteiger partial charge is 0.206 e. The molecule has 0 N–H and O–H groups in total. The first kappa shape index (κ1) is 12.8. The number of halogens is 2. The maximum atomic E-state index is 14.2. The molecule has 1 aromatic heterocycles. The summed E-state index contributed by atoms with van der Waals surface area (Å²) in [6.45, 7) is 1.80. The highest BCUT2D eigenvalue weighted by Gasteiger charge is 2.18. The van der Waals surface area contributed by atoms with E-state index in [9.17, 15) is 4.39 Å². The summed E-state index contributed by atoms with van der Waals surface area (Å²) in [5.74, 6) is -0.125. The fourth-order valence-electron chi connectivity index (χ4n) is 2.23. The summed E-state index contributed by atoms with van der Waals surface area (Å²) in [6.07, 6.45) is 0. The summed E-state index contributed by atoms with van der Waals surface area (Å²) in [4.78, 5) is -0.108. The van der Waals surface area contributed by atoms with Crippen LogP contribution in [0.25, 0.3) is 10.1 Å². The van der Waals surface area contributed by atoms with Gasteiger partial charge in [0.1, 0.15) is 5.82 Å². The fraction of sp³-hybridized carbons (Fsp3) is 0.125. The van der Waals surface area contributed by atoms with Gasteiger partial charge < -0.3 is 0 Å². The van der Waals surface area contributed by atoms with Crippen LogP contribution in [-0.2, 0) is 0 Å². The number of fused-ring (bicyclic) bond motifs is 1. The molecule has 19 heavy (non-hydrogen) atoms. The van der Waals surface area contributed by atoms with Crippen molar-refractivity contribution in [2.24, 2.45) is 0 Å². The number of aryl methyl sites for hydroxylation is 1. The quantitative estimate of drug-likeness (QED) is 0.517. The Balaban J connectivity index is 2.13. The molecule has 0 nitrogen and oxygen atoms in total. The monoisotopic (exact) mass is 334 g/mol. The molecule has 3 rings (SSSR count). The molecule has 1 heterocycles. The molecule has 0 aliphatic carbocycles. The number of hydrogen-bond acceptors (Lipinski definition) is 1. The van der Waals surface area contributed by atoms with Crippen LogP contribution in [0.1, 0.15) is 21.5 Å². The molecule has 0 bridgehead atoms. The van der Waals surface area contributed by atoms with Crippen molar-refractivity contribution in [3.63, 3.8) is 0 Å². The molecular formula is C16H12BrFS. The predicted octanol–water partition coefficient (Wildman–Crippen LogP) is 5.83. The lowest BCUT2D eigenvalue weighted by Crippen LogP contribution is -1.97. The van der Waals surface area contributed by atoms with Crippen molar-refractivity contribution in [3.05, 3.63) is 70.4 Å². The van der Waals surface area contributed by atoms with Gasteiger partial charge in [-0.3, -0.25) is 0 Å². The van der Waals surface area contributed by atoms with Crippen molar-refractivity contribution >= 4 is 37.4 Å². The van der Waals surface area contributed by atoms with E-state index in [0.717, 1.165) is 5.56 Å². The zero-order chi connectivity index (χ0) is 13.4. The van der Waals surface area contributed by atoms with E-state index in [4.69, 9.17) is 0 Å². The van der Waals surface area contributed by atoms with E-state index in [1.807, 2.05) is 24.3 Å². The smallest absolute Gasteiger partial charge is 0.130 e. The van der Waals surface area contributed by atoms with E-state index < -0.39 is 0 Å². The second-order valence-corrected chi connectivity index (χ2v) is 6.35. The molecule has 1 atom stereocenters. The summed E-state index contributed by atoms with van der Waals surface area (Å²) in [6, 6.07) is 13.8. The maximum Gasteiger partial charge on any atom is 0.130 e. The van der Waals surface area contributed by atoms with Crippen molar-refractivity contribution in [3.8, 4) is 0 Å². The molecule has 0 aliphatic heterocycles. The van der Waals surface area contributed by atoms with Crippen LogP contribution in [0.4, 0.5) is 4.39 Å². The minimum absolute atomic E-state index is 0.108. The van der Waals surface area contributed by atoms with Crippen LogP contribution < -0.4 is 0 Å². The van der Waals surface area contributed by atoms with Crippen molar-refractivity contribution in [1.82, 2.24) is 0 Å².